The molecule has 0 bridgehead atoms. The van der Waals surface area contributed by atoms with Crippen LogP contribution in [0.5, 0.6) is 0 Å². The summed E-state index contributed by atoms with van der Waals surface area (Å²) < 4.78 is 7.18. The summed E-state index contributed by atoms with van der Waals surface area (Å²) in [5.41, 5.74) is 0.663. The summed E-state index contributed by atoms with van der Waals surface area (Å²) in [5, 5.41) is 6.90. The normalized spacial score (nSPS) is 12.0. The van der Waals surface area contributed by atoms with Gasteiger partial charge in [0, 0.05) is 31.6 Å². The highest BCUT2D eigenvalue weighted by Gasteiger charge is 2.19. The highest BCUT2D eigenvalue weighted by Crippen LogP contribution is 2.15. The van der Waals surface area contributed by atoms with Gasteiger partial charge in [0.1, 0.15) is 11.7 Å². The Hall–Kier alpha value is -2.61. The van der Waals surface area contributed by atoms with Gasteiger partial charge in [0.25, 0.3) is 0 Å². The lowest BCUT2D eigenvalue weighted by atomic mass is 10.2. The van der Waals surface area contributed by atoms with Gasteiger partial charge in [-0.2, -0.15) is 16.7 Å². The quantitative estimate of drug-likeness (QED) is 0.622. The molecule has 0 aromatic carbocycles. The van der Waals surface area contributed by atoms with E-state index in [9.17, 15) is 4.79 Å². The molecule has 3 rings (SSSR count). The SMILES string of the molecule is CSCC[C@H](C(=O)NCCc1nc(-c2ccccn2)no1)n1cccc1. The van der Waals surface area contributed by atoms with E-state index >= 15 is 0 Å². The van der Waals surface area contributed by atoms with Crippen molar-refractivity contribution in [1.29, 1.82) is 0 Å². The summed E-state index contributed by atoms with van der Waals surface area (Å²) >= 11 is 1.73. The second-order valence-corrected chi connectivity index (χ2v) is 6.68. The van der Waals surface area contributed by atoms with Crippen LogP contribution >= 0.6 is 11.8 Å². The first-order valence-corrected chi connectivity index (χ1v) is 9.80. The van der Waals surface area contributed by atoms with Crippen LogP contribution in [0.2, 0.25) is 0 Å². The van der Waals surface area contributed by atoms with Gasteiger partial charge in [0.05, 0.1) is 0 Å². The number of carbonyl (C=O) groups is 1. The molecule has 0 aliphatic carbocycles. The molecule has 0 aliphatic rings. The van der Waals surface area contributed by atoms with Crippen molar-refractivity contribution >= 4 is 17.7 Å². The predicted octanol–water partition coefficient (Wildman–Crippen LogP) is 2.59. The zero-order valence-corrected chi connectivity index (χ0v) is 15.4. The fourth-order valence-corrected chi connectivity index (χ4v) is 3.03. The molecule has 1 atom stereocenters. The number of amides is 1. The molecule has 0 fully saturated rings. The number of nitrogens with zero attached hydrogens (tertiary/aromatic N) is 4. The predicted molar refractivity (Wildman–Crippen MR) is 101 cm³/mol. The average Bonchev–Trinajstić information content (AvgIpc) is 3.35. The molecule has 136 valence electrons. The van der Waals surface area contributed by atoms with E-state index in [4.69, 9.17) is 4.52 Å². The van der Waals surface area contributed by atoms with E-state index in [1.54, 1.807) is 18.0 Å². The van der Waals surface area contributed by atoms with E-state index in [0.717, 1.165) is 12.2 Å². The Morgan fingerprint density at radius 1 is 1.31 bits per heavy atom. The number of carbonyl (C=O) groups excluding carboxylic acids is 1. The van der Waals surface area contributed by atoms with Crippen LogP contribution in [-0.4, -0.2) is 44.2 Å². The second-order valence-electron chi connectivity index (χ2n) is 5.70. The highest BCUT2D eigenvalue weighted by atomic mass is 32.2. The van der Waals surface area contributed by atoms with E-state index < -0.39 is 0 Å². The molecule has 8 heteroatoms. The fraction of sp³-hybridized carbons (Fsp3) is 0.333. The van der Waals surface area contributed by atoms with Crippen LogP contribution < -0.4 is 5.32 Å². The smallest absolute Gasteiger partial charge is 0.243 e. The van der Waals surface area contributed by atoms with Gasteiger partial charge in [-0.25, -0.2) is 0 Å². The van der Waals surface area contributed by atoms with Gasteiger partial charge < -0.3 is 14.4 Å². The van der Waals surface area contributed by atoms with Gasteiger partial charge in [0.2, 0.25) is 17.6 Å². The minimum absolute atomic E-state index is 0.000264. The third-order valence-electron chi connectivity index (χ3n) is 3.89. The largest absolute Gasteiger partial charge is 0.354 e. The maximum Gasteiger partial charge on any atom is 0.243 e. The van der Waals surface area contributed by atoms with Crippen molar-refractivity contribution in [1.82, 2.24) is 25.0 Å². The molecular formula is C18H21N5O2S. The summed E-state index contributed by atoms with van der Waals surface area (Å²) in [6.45, 7) is 0.444. The molecule has 3 aromatic rings. The molecule has 0 saturated heterocycles. The summed E-state index contributed by atoms with van der Waals surface area (Å²) in [6, 6.07) is 9.18. The van der Waals surface area contributed by atoms with E-state index in [0.29, 0.717) is 30.4 Å². The van der Waals surface area contributed by atoms with Crippen LogP contribution in [0.1, 0.15) is 18.4 Å². The van der Waals surface area contributed by atoms with Gasteiger partial charge in [-0.3, -0.25) is 9.78 Å². The van der Waals surface area contributed by atoms with Crippen molar-refractivity contribution in [3.8, 4) is 11.5 Å². The Balaban J connectivity index is 1.53. The lowest BCUT2D eigenvalue weighted by Crippen LogP contribution is -2.34. The van der Waals surface area contributed by atoms with Crippen molar-refractivity contribution in [2.75, 3.05) is 18.6 Å². The third kappa shape index (κ3) is 4.72. The molecular weight excluding hydrogens is 350 g/mol. The van der Waals surface area contributed by atoms with Crippen molar-refractivity contribution in [2.45, 2.75) is 18.9 Å². The van der Waals surface area contributed by atoms with E-state index in [1.165, 1.54) is 0 Å². The average molecular weight is 371 g/mol. The number of thioether (sulfide) groups is 1. The van der Waals surface area contributed by atoms with E-state index in [1.807, 2.05) is 53.5 Å². The van der Waals surface area contributed by atoms with E-state index in [-0.39, 0.29) is 11.9 Å². The lowest BCUT2D eigenvalue weighted by Gasteiger charge is -2.18. The molecule has 1 amide bonds. The van der Waals surface area contributed by atoms with Crippen LogP contribution in [0.25, 0.3) is 11.5 Å². The Kier molecular flexibility index (Phi) is 6.43. The van der Waals surface area contributed by atoms with Crippen LogP contribution in [0.15, 0.2) is 53.4 Å². The van der Waals surface area contributed by atoms with Gasteiger partial charge >= 0.3 is 0 Å². The van der Waals surface area contributed by atoms with Gasteiger partial charge in [-0.1, -0.05) is 11.2 Å². The maximum atomic E-state index is 12.5. The minimum Gasteiger partial charge on any atom is -0.354 e. The zero-order chi connectivity index (χ0) is 18.2. The molecule has 0 aliphatic heterocycles. The summed E-state index contributed by atoms with van der Waals surface area (Å²) in [6.07, 6.45) is 8.82. The Labute approximate surface area is 156 Å². The molecule has 3 heterocycles. The maximum absolute atomic E-state index is 12.5. The first-order chi connectivity index (χ1) is 12.8. The number of rotatable bonds is 9. The van der Waals surface area contributed by atoms with Crippen molar-refractivity contribution < 1.29 is 9.32 Å². The Morgan fingerprint density at radius 3 is 2.88 bits per heavy atom. The standard InChI is InChI=1S/C18H21N5O2S/c1-26-13-8-15(23-11-4-5-12-23)18(24)20-10-7-16-21-17(22-25-16)14-6-2-3-9-19-14/h2-6,9,11-12,15H,7-8,10,13H2,1H3,(H,20,24)/t15-/m1/s1. The molecule has 0 radical (unpaired) electrons. The number of hydrogen-bond acceptors (Lipinski definition) is 6. The van der Waals surface area contributed by atoms with Crippen LogP contribution in [0, 0.1) is 0 Å². The van der Waals surface area contributed by atoms with Gasteiger partial charge in [-0.05, 0) is 42.7 Å². The number of nitrogens with one attached hydrogen (secondary N) is 1. The zero-order valence-electron chi connectivity index (χ0n) is 14.5. The van der Waals surface area contributed by atoms with Crippen molar-refractivity contribution in [3.05, 3.63) is 54.8 Å². The summed E-state index contributed by atoms with van der Waals surface area (Å²) in [4.78, 5) is 21.1. The topological polar surface area (TPSA) is 85.8 Å². The summed E-state index contributed by atoms with van der Waals surface area (Å²) in [7, 11) is 0. The summed E-state index contributed by atoms with van der Waals surface area (Å²) in [5.74, 6) is 1.86. The second kappa shape index (κ2) is 9.19. The molecule has 0 saturated carbocycles. The van der Waals surface area contributed by atoms with Crippen LogP contribution in [0.3, 0.4) is 0 Å². The first-order valence-electron chi connectivity index (χ1n) is 8.41. The fourth-order valence-electron chi connectivity index (χ4n) is 2.57. The van der Waals surface area contributed by atoms with Gasteiger partial charge in [0.15, 0.2) is 0 Å². The first kappa shape index (κ1) is 18.2. The molecule has 3 aromatic heterocycles. The Bertz CT molecular complexity index is 804. The van der Waals surface area contributed by atoms with Crippen molar-refractivity contribution in [3.63, 3.8) is 0 Å². The number of pyridine rings is 1. The molecule has 26 heavy (non-hydrogen) atoms. The Morgan fingerprint density at radius 2 is 2.15 bits per heavy atom. The van der Waals surface area contributed by atoms with Crippen LogP contribution in [0.4, 0.5) is 0 Å². The van der Waals surface area contributed by atoms with E-state index in [2.05, 4.69) is 20.4 Å². The molecule has 0 spiro atoms. The number of aromatic nitrogens is 4. The van der Waals surface area contributed by atoms with Gasteiger partial charge in [-0.15, -0.1) is 0 Å². The van der Waals surface area contributed by atoms with Crippen LogP contribution in [-0.2, 0) is 11.2 Å². The molecule has 0 unspecified atom stereocenters. The molecule has 7 nitrogen and oxygen atoms in total. The molecule has 1 N–H and O–H groups in total. The number of hydrogen-bond donors (Lipinski definition) is 1. The lowest BCUT2D eigenvalue weighted by molar-refractivity contribution is -0.124. The highest BCUT2D eigenvalue weighted by molar-refractivity contribution is 7.98. The monoisotopic (exact) mass is 371 g/mol. The third-order valence-corrected chi connectivity index (χ3v) is 4.53. The van der Waals surface area contributed by atoms with Crippen molar-refractivity contribution in [2.24, 2.45) is 0 Å². The minimum atomic E-state index is -0.204.